The van der Waals surface area contributed by atoms with E-state index < -0.39 is 25.6 Å². The number of ether oxygens (including phenoxy) is 1. The van der Waals surface area contributed by atoms with E-state index in [4.69, 9.17) is 9.16 Å². The van der Waals surface area contributed by atoms with Crippen LogP contribution in [0.2, 0.25) is 19.6 Å². The topological polar surface area (TPSA) is 76.0 Å². The second-order valence-corrected chi connectivity index (χ2v) is 13.1. The van der Waals surface area contributed by atoms with Crippen molar-refractivity contribution in [3.63, 3.8) is 0 Å². The van der Waals surface area contributed by atoms with Crippen LogP contribution in [0.25, 0.3) is 0 Å². The lowest BCUT2D eigenvalue weighted by molar-refractivity contribution is -0.143. The van der Waals surface area contributed by atoms with E-state index in [1.807, 2.05) is 6.92 Å². The first-order valence-corrected chi connectivity index (χ1v) is 12.1. The van der Waals surface area contributed by atoms with Crippen molar-refractivity contribution in [1.29, 1.82) is 0 Å². The average Bonchev–Trinajstić information content (AvgIpc) is 2.72. The fourth-order valence-corrected chi connectivity index (χ4v) is 4.87. The van der Waals surface area contributed by atoms with Gasteiger partial charge in [0.1, 0.15) is 6.10 Å². The number of carbonyl (C=O) groups excluding carboxylic acids is 1. The van der Waals surface area contributed by atoms with Gasteiger partial charge in [-0.1, -0.05) is 6.08 Å². The molecule has 140 valence electrons. The number of aliphatic hydroxyl groups excluding tert-OH is 1. The summed E-state index contributed by atoms with van der Waals surface area (Å²) in [6.45, 7) is 15.3. The normalized spacial score (nSPS) is 25.9. The fourth-order valence-electron chi connectivity index (χ4n) is 3.21. The molecule has 6 heteroatoms. The Kier molecular flexibility index (Phi) is 6.83. The van der Waals surface area contributed by atoms with Gasteiger partial charge in [-0.3, -0.25) is 4.79 Å². The summed E-state index contributed by atoms with van der Waals surface area (Å²) < 4.78 is 11.9. The fraction of sp³-hybridized carbons (Fsp3) is 0.833. The van der Waals surface area contributed by atoms with Gasteiger partial charge in [0.25, 0.3) is 0 Å². The van der Waals surface area contributed by atoms with Gasteiger partial charge in [0.2, 0.25) is 0 Å². The van der Waals surface area contributed by atoms with Crippen LogP contribution in [0.5, 0.6) is 0 Å². The minimum atomic E-state index is -1.84. The third-order valence-corrected chi connectivity index (χ3v) is 5.52. The predicted octanol–water partition coefficient (Wildman–Crippen LogP) is 3.02. The number of rotatable bonds is 9. The Balaban J connectivity index is 2.86. The largest absolute Gasteiger partial charge is 0.462 e. The molecule has 0 spiro atoms. The number of cyclic esters (lactones) is 1. The van der Waals surface area contributed by atoms with E-state index in [0.29, 0.717) is 25.7 Å². The highest BCUT2D eigenvalue weighted by Gasteiger charge is 2.41. The highest BCUT2D eigenvalue weighted by molar-refractivity contribution is 6.69. The molecular formula is C18H34O5Si. The molecule has 1 heterocycles. The molecule has 1 rings (SSSR count). The van der Waals surface area contributed by atoms with Crippen LogP contribution in [-0.2, 0) is 14.0 Å². The van der Waals surface area contributed by atoms with Crippen LogP contribution in [0.4, 0.5) is 0 Å². The molecule has 1 unspecified atom stereocenters. The number of aliphatic hydroxyl groups is 2. The zero-order valence-electron chi connectivity index (χ0n) is 16.0. The Morgan fingerprint density at radius 2 is 2.00 bits per heavy atom. The number of hydrogen-bond donors (Lipinski definition) is 2. The summed E-state index contributed by atoms with van der Waals surface area (Å²) in [7, 11) is -1.84. The second kappa shape index (κ2) is 7.68. The number of esters is 1. The molecule has 0 radical (unpaired) electrons. The van der Waals surface area contributed by atoms with Crippen molar-refractivity contribution in [2.45, 2.75) is 89.5 Å². The van der Waals surface area contributed by atoms with Crippen LogP contribution in [-0.4, -0.2) is 47.9 Å². The van der Waals surface area contributed by atoms with Crippen molar-refractivity contribution in [2.75, 3.05) is 0 Å². The molecule has 0 aliphatic carbocycles. The average molecular weight is 359 g/mol. The molecule has 24 heavy (non-hydrogen) atoms. The summed E-state index contributed by atoms with van der Waals surface area (Å²) in [5.41, 5.74) is -1.67. The molecule has 0 aromatic heterocycles. The summed E-state index contributed by atoms with van der Waals surface area (Å²) in [5, 5.41) is 20.1. The lowest BCUT2D eigenvalue weighted by Crippen LogP contribution is -2.45. The summed E-state index contributed by atoms with van der Waals surface area (Å²) in [6.07, 6.45) is 2.64. The molecule has 2 N–H and O–H groups in total. The van der Waals surface area contributed by atoms with Gasteiger partial charge in [0.05, 0.1) is 23.7 Å². The molecule has 4 atom stereocenters. The molecule has 1 fully saturated rings. The van der Waals surface area contributed by atoms with Crippen LogP contribution in [0.1, 0.15) is 46.5 Å². The minimum Gasteiger partial charge on any atom is -0.462 e. The van der Waals surface area contributed by atoms with Gasteiger partial charge in [0.15, 0.2) is 8.32 Å². The van der Waals surface area contributed by atoms with Gasteiger partial charge in [-0.15, -0.1) is 6.58 Å². The van der Waals surface area contributed by atoms with E-state index in [1.165, 1.54) is 0 Å². The van der Waals surface area contributed by atoms with E-state index in [2.05, 4.69) is 26.2 Å². The molecule has 1 aliphatic rings. The van der Waals surface area contributed by atoms with Gasteiger partial charge in [-0.25, -0.2) is 0 Å². The van der Waals surface area contributed by atoms with Crippen LogP contribution in [0.3, 0.4) is 0 Å². The van der Waals surface area contributed by atoms with E-state index >= 15 is 0 Å². The molecule has 5 nitrogen and oxygen atoms in total. The second-order valence-electron chi connectivity index (χ2n) is 8.71. The number of carbonyl (C=O) groups is 1. The first-order valence-electron chi connectivity index (χ1n) is 8.68. The van der Waals surface area contributed by atoms with Gasteiger partial charge in [-0.2, -0.15) is 0 Å². The monoisotopic (exact) mass is 358 g/mol. The first kappa shape index (κ1) is 21.3. The maximum atomic E-state index is 11.6. The standard InChI is InChI=1S/C18H34O5Si/c1-8-13-11-16(20)22-14(13)12-18(4,23-24(5,6)7)10-9-15(19)17(2,3)21/h8,13-15,19,21H,1,9-12H2,2-7H3/t13-,14-,15?,18+/m1/s1. The summed E-state index contributed by atoms with van der Waals surface area (Å²) in [6, 6.07) is 0. The lowest BCUT2D eigenvalue weighted by Gasteiger charge is -2.39. The smallest absolute Gasteiger partial charge is 0.306 e. The Bertz CT molecular complexity index is 451. The quantitative estimate of drug-likeness (QED) is 0.376. The predicted molar refractivity (Wildman–Crippen MR) is 97.2 cm³/mol. The summed E-state index contributed by atoms with van der Waals surface area (Å²) in [5.74, 6) is -0.196. The summed E-state index contributed by atoms with van der Waals surface area (Å²) >= 11 is 0. The number of hydrogen-bond acceptors (Lipinski definition) is 5. The highest BCUT2D eigenvalue weighted by atomic mass is 28.4. The Labute approximate surface area is 147 Å². The van der Waals surface area contributed by atoms with Crippen molar-refractivity contribution < 1.29 is 24.2 Å². The zero-order chi connectivity index (χ0) is 18.8. The molecule has 0 aromatic rings. The van der Waals surface area contributed by atoms with Gasteiger partial charge >= 0.3 is 5.97 Å². The lowest BCUT2D eigenvalue weighted by atomic mass is 9.85. The van der Waals surface area contributed by atoms with Crippen molar-refractivity contribution >= 4 is 14.3 Å². The van der Waals surface area contributed by atoms with Crippen molar-refractivity contribution in [1.82, 2.24) is 0 Å². The SMILES string of the molecule is C=C[C@@H]1CC(=O)O[C@@H]1C[C@](C)(CCC(O)C(C)(C)O)O[Si](C)(C)C. The maximum Gasteiger partial charge on any atom is 0.306 e. The summed E-state index contributed by atoms with van der Waals surface area (Å²) in [4.78, 5) is 11.6. The van der Waals surface area contributed by atoms with Crippen LogP contribution < -0.4 is 0 Å². The Hall–Kier alpha value is -0.693. The molecule has 0 aromatic carbocycles. The molecule has 1 saturated heterocycles. The van der Waals surface area contributed by atoms with Crippen molar-refractivity contribution in [2.24, 2.45) is 5.92 Å². The highest BCUT2D eigenvalue weighted by Crippen LogP contribution is 2.36. The van der Waals surface area contributed by atoms with Crippen LogP contribution in [0, 0.1) is 5.92 Å². The Morgan fingerprint density at radius 1 is 1.42 bits per heavy atom. The third-order valence-electron chi connectivity index (χ3n) is 4.41. The Morgan fingerprint density at radius 3 is 2.46 bits per heavy atom. The van der Waals surface area contributed by atoms with Gasteiger partial charge < -0.3 is 19.4 Å². The van der Waals surface area contributed by atoms with E-state index in [9.17, 15) is 15.0 Å². The zero-order valence-corrected chi connectivity index (χ0v) is 17.0. The van der Waals surface area contributed by atoms with E-state index in [-0.39, 0.29) is 18.0 Å². The minimum absolute atomic E-state index is 0.00117. The van der Waals surface area contributed by atoms with Crippen molar-refractivity contribution in [3.8, 4) is 0 Å². The van der Waals surface area contributed by atoms with Gasteiger partial charge in [-0.05, 0) is 53.3 Å². The van der Waals surface area contributed by atoms with Crippen LogP contribution >= 0.6 is 0 Å². The van der Waals surface area contributed by atoms with Crippen molar-refractivity contribution in [3.05, 3.63) is 12.7 Å². The van der Waals surface area contributed by atoms with E-state index in [0.717, 1.165) is 0 Å². The third kappa shape index (κ3) is 6.67. The maximum absolute atomic E-state index is 11.6. The van der Waals surface area contributed by atoms with Gasteiger partial charge in [0, 0.05) is 12.3 Å². The van der Waals surface area contributed by atoms with E-state index in [1.54, 1.807) is 19.9 Å². The molecule has 1 aliphatic heterocycles. The molecule has 0 saturated carbocycles. The molecule has 0 bridgehead atoms. The first-order chi connectivity index (χ1) is 10.8. The molecule has 0 amide bonds. The van der Waals surface area contributed by atoms with Crippen LogP contribution in [0.15, 0.2) is 12.7 Å². The molecular weight excluding hydrogens is 324 g/mol.